The van der Waals surface area contributed by atoms with Gasteiger partial charge in [-0.3, -0.25) is 4.98 Å². The van der Waals surface area contributed by atoms with Gasteiger partial charge in [-0.1, -0.05) is 97.1 Å². The summed E-state index contributed by atoms with van der Waals surface area (Å²) in [7, 11) is 0. The molecule has 38 heavy (non-hydrogen) atoms. The normalized spacial score (nSPS) is 12.2. The second-order valence-corrected chi connectivity index (χ2v) is 10.4. The average molecular weight is 480 g/mol. The van der Waals surface area contributed by atoms with Gasteiger partial charge in [0.15, 0.2) is 0 Å². The van der Waals surface area contributed by atoms with Gasteiger partial charge in [0.2, 0.25) is 0 Å². The second-order valence-electron chi connectivity index (χ2n) is 10.4. The van der Waals surface area contributed by atoms with Gasteiger partial charge in [-0.25, -0.2) is 0 Å². The third kappa shape index (κ3) is 2.63. The van der Waals surface area contributed by atoms with Crippen molar-refractivity contribution < 1.29 is 0 Å². The zero-order valence-corrected chi connectivity index (χ0v) is 20.6. The van der Waals surface area contributed by atoms with Gasteiger partial charge in [-0.2, -0.15) is 0 Å². The standard InChI is InChI=1S/C37H21N/c1-2-13-33-25(6-1)18-28(21-38-33)27-19-26-17-16-24-8-4-11-30-29-10-3-7-22-14-15-23-9-5-12-31(36(23)34(22)29)32(20-27)37(26)35(24)30/h1-21H. The summed E-state index contributed by atoms with van der Waals surface area (Å²) in [4.78, 5) is 4.79. The van der Waals surface area contributed by atoms with Crippen LogP contribution in [-0.4, -0.2) is 4.98 Å². The van der Waals surface area contributed by atoms with Crippen molar-refractivity contribution in [1.29, 1.82) is 0 Å². The highest BCUT2D eigenvalue weighted by atomic mass is 14.6. The van der Waals surface area contributed by atoms with Crippen LogP contribution in [0.4, 0.5) is 0 Å². The molecule has 0 bridgehead atoms. The highest BCUT2D eigenvalue weighted by Gasteiger charge is 2.16. The summed E-state index contributed by atoms with van der Waals surface area (Å²) in [6.07, 6.45) is 2.02. The summed E-state index contributed by atoms with van der Waals surface area (Å²) >= 11 is 0. The quantitative estimate of drug-likeness (QED) is 0.213. The number of hydrogen-bond acceptors (Lipinski definition) is 1. The maximum Gasteiger partial charge on any atom is 0.0702 e. The molecule has 0 saturated carbocycles. The van der Waals surface area contributed by atoms with Crippen LogP contribution >= 0.6 is 0 Å². The van der Waals surface area contributed by atoms with E-state index in [9.17, 15) is 0 Å². The average Bonchev–Trinajstić information content (AvgIpc) is 2.98. The van der Waals surface area contributed by atoms with Crippen molar-refractivity contribution in [3.8, 4) is 11.1 Å². The molecule has 0 aliphatic rings. The van der Waals surface area contributed by atoms with Crippen LogP contribution in [-0.2, 0) is 0 Å². The molecule has 0 aliphatic heterocycles. The summed E-state index contributed by atoms with van der Waals surface area (Å²) in [5.41, 5.74) is 3.36. The Kier molecular flexibility index (Phi) is 3.85. The molecule has 0 aliphatic carbocycles. The fraction of sp³-hybridized carbons (Fsp3) is 0. The van der Waals surface area contributed by atoms with Gasteiger partial charge in [0.25, 0.3) is 0 Å². The Morgan fingerprint density at radius 1 is 0.342 bits per heavy atom. The first kappa shape index (κ1) is 20.1. The van der Waals surface area contributed by atoms with E-state index in [1.165, 1.54) is 70.2 Å². The van der Waals surface area contributed by atoms with E-state index in [-0.39, 0.29) is 0 Å². The van der Waals surface area contributed by atoms with Crippen molar-refractivity contribution in [2.45, 2.75) is 0 Å². The number of para-hydroxylation sites is 1. The fourth-order valence-electron chi connectivity index (χ4n) is 6.68. The van der Waals surface area contributed by atoms with Gasteiger partial charge in [-0.05, 0) is 94.5 Å². The van der Waals surface area contributed by atoms with Crippen molar-refractivity contribution in [2.24, 2.45) is 0 Å². The largest absolute Gasteiger partial charge is 0.256 e. The first-order valence-electron chi connectivity index (χ1n) is 13.1. The molecule has 1 heteroatoms. The molecule has 0 N–H and O–H groups in total. The molecule has 9 rings (SSSR count). The number of fused-ring (bicyclic) bond motifs is 3. The lowest BCUT2D eigenvalue weighted by molar-refractivity contribution is 1.41. The molecule has 1 heterocycles. The van der Waals surface area contributed by atoms with Crippen molar-refractivity contribution in [3.05, 3.63) is 128 Å². The van der Waals surface area contributed by atoms with E-state index in [1.807, 2.05) is 12.3 Å². The van der Waals surface area contributed by atoms with Crippen LogP contribution in [0.25, 0.3) is 86.7 Å². The summed E-state index contributed by atoms with van der Waals surface area (Å²) in [5.74, 6) is 0. The molecule has 8 aromatic carbocycles. The Morgan fingerprint density at radius 2 is 0.842 bits per heavy atom. The molecule has 1 aromatic heterocycles. The Morgan fingerprint density at radius 3 is 1.50 bits per heavy atom. The van der Waals surface area contributed by atoms with E-state index in [2.05, 4.69) is 115 Å². The maximum atomic E-state index is 4.79. The number of nitrogens with zero attached hydrogens (tertiary/aromatic N) is 1. The van der Waals surface area contributed by atoms with Crippen LogP contribution in [0.15, 0.2) is 128 Å². The minimum Gasteiger partial charge on any atom is -0.256 e. The third-order valence-electron chi connectivity index (χ3n) is 8.35. The molecule has 0 unspecified atom stereocenters. The lowest BCUT2D eigenvalue weighted by Gasteiger charge is -2.17. The number of benzene rings is 7. The number of hydrogen-bond donors (Lipinski definition) is 0. The van der Waals surface area contributed by atoms with Crippen molar-refractivity contribution in [2.75, 3.05) is 0 Å². The van der Waals surface area contributed by atoms with E-state index >= 15 is 0 Å². The molecule has 9 aromatic rings. The first-order valence-corrected chi connectivity index (χ1v) is 13.1. The van der Waals surface area contributed by atoms with Gasteiger partial charge in [-0.15, -0.1) is 0 Å². The molecular formula is C37H21N. The van der Waals surface area contributed by atoms with E-state index in [0.717, 1.165) is 16.5 Å². The van der Waals surface area contributed by atoms with Gasteiger partial charge in [0, 0.05) is 17.1 Å². The summed E-state index contributed by atoms with van der Waals surface area (Å²) in [5, 5.41) is 16.8. The number of pyridine rings is 1. The minimum absolute atomic E-state index is 1.02. The smallest absolute Gasteiger partial charge is 0.0702 e. The molecule has 0 spiro atoms. The molecule has 1 nitrogen and oxygen atoms in total. The second kappa shape index (κ2) is 7.27. The Bertz CT molecular complexity index is 2390. The molecule has 174 valence electrons. The van der Waals surface area contributed by atoms with E-state index in [0.29, 0.717) is 0 Å². The Balaban J connectivity index is 1.58. The topological polar surface area (TPSA) is 12.9 Å². The molecule has 0 radical (unpaired) electrons. The monoisotopic (exact) mass is 479 g/mol. The third-order valence-corrected chi connectivity index (χ3v) is 8.35. The van der Waals surface area contributed by atoms with Crippen LogP contribution < -0.4 is 0 Å². The Hall–Kier alpha value is -5.01. The van der Waals surface area contributed by atoms with E-state index in [1.54, 1.807) is 0 Å². The maximum absolute atomic E-state index is 4.79. The summed E-state index contributed by atoms with van der Waals surface area (Å²) in [6, 6.07) is 44.7. The predicted octanol–water partition coefficient (Wildman–Crippen LogP) is 10.3. The lowest BCUT2D eigenvalue weighted by Crippen LogP contribution is -1.89. The van der Waals surface area contributed by atoms with Crippen LogP contribution in [0.1, 0.15) is 0 Å². The Labute approximate surface area is 218 Å². The number of rotatable bonds is 1. The van der Waals surface area contributed by atoms with Crippen molar-refractivity contribution in [1.82, 2.24) is 4.98 Å². The molecule has 0 atom stereocenters. The van der Waals surface area contributed by atoms with Crippen LogP contribution in [0.5, 0.6) is 0 Å². The molecular weight excluding hydrogens is 458 g/mol. The zero-order valence-electron chi connectivity index (χ0n) is 20.6. The fourth-order valence-corrected chi connectivity index (χ4v) is 6.68. The summed E-state index contributed by atoms with van der Waals surface area (Å²) < 4.78 is 0. The van der Waals surface area contributed by atoms with E-state index in [4.69, 9.17) is 4.98 Å². The van der Waals surface area contributed by atoms with Crippen LogP contribution in [0.3, 0.4) is 0 Å². The molecule has 0 amide bonds. The minimum atomic E-state index is 1.02. The van der Waals surface area contributed by atoms with Gasteiger partial charge in [0.1, 0.15) is 0 Å². The number of aromatic nitrogens is 1. The highest BCUT2D eigenvalue weighted by molar-refractivity contribution is 6.37. The highest BCUT2D eigenvalue weighted by Crippen LogP contribution is 2.44. The summed E-state index contributed by atoms with van der Waals surface area (Å²) in [6.45, 7) is 0. The molecule has 0 saturated heterocycles. The predicted molar refractivity (Wildman–Crippen MR) is 163 cm³/mol. The zero-order chi connectivity index (χ0) is 24.8. The van der Waals surface area contributed by atoms with Crippen LogP contribution in [0, 0.1) is 0 Å². The molecule has 0 fully saturated rings. The lowest BCUT2D eigenvalue weighted by atomic mass is 9.86. The SMILES string of the molecule is c1ccc2ncc(-c3cc4ccc5cccc6c7cccc8ccc9cccc(c(c3)c4c56)c9c87)cc2c1. The van der Waals surface area contributed by atoms with Crippen LogP contribution in [0.2, 0.25) is 0 Å². The van der Waals surface area contributed by atoms with Gasteiger partial charge in [0.05, 0.1) is 5.52 Å². The van der Waals surface area contributed by atoms with Gasteiger partial charge >= 0.3 is 0 Å². The van der Waals surface area contributed by atoms with Crippen molar-refractivity contribution in [3.63, 3.8) is 0 Å². The van der Waals surface area contributed by atoms with Crippen molar-refractivity contribution >= 4 is 75.5 Å². The van der Waals surface area contributed by atoms with Gasteiger partial charge < -0.3 is 0 Å². The first-order chi connectivity index (χ1) is 18.8. The van der Waals surface area contributed by atoms with E-state index < -0.39 is 0 Å².